The Morgan fingerprint density at radius 3 is 2.21 bits per heavy atom. The Kier molecular flexibility index (Phi) is 6.53. The molecule has 4 saturated carbocycles. The molecule has 0 spiro atoms. The Bertz CT molecular complexity index is 397. The molecule has 8 atom stereocenters. The van der Waals surface area contributed by atoms with Crippen molar-refractivity contribution in [1.29, 1.82) is 0 Å². The van der Waals surface area contributed by atoms with Crippen molar-refractivity contribution < 1.29 is 0 Å². The van der Waals surface area contributed by atoms with Crippen LogP contribution in [-0.2, 0) is 0 Å². The standard InChI is InChI=1S/C21H36.C2H6.CH4/c1-13(2)19-7-8-20-17-6-5-15-11-14(3)12-18(15)16(17)9-10-21(19,20)4;1-2;/h13-20H,5-12H2,1-4H3;1-2H3;1H4. The summed E-state index contributed by atoms with van der Waals surface area (Å²) in [5.74, 6) is 8.51. The van der Waals surface area contributed by atoms with Gasteiger partial charge in [-0.3, -0.25) is 0 Å². The zero-order valence-electron chi connectivity index (χ0n) is 16.8. The minimum Gasteiger partial charge on any atom is -0.0776 e. The average Bonchev–Trinajstić information content (AvgIpc) is 3.07. The molecule has 0 aromatic rings. The Labute approximate surface area is 153 Å². The zero-order chi connectivity index (χ0) is 16.8. The van der Waals surface area contributed by atoms with Gasteiger partial charge in [0.15, 0.2) is 0 Å². The summed E-state index contributed by atoms with van der Waals surface area (Å²) in [6, 6.07) is 0. The number of rotatable bonds is 1. The van der Waals surface area contributed by atoms with Crippen LogP contribution in [0.5, 0.6) is 0 Å². The summed E-state index contributed by atoms with van der Waals surface area (Å²) in [4.78, 5) is 0. The third kappa shape index (κ3) is 3.09. The van der Waals surface area contributed by atoms with E-state index in [1.807, 2.05) is 13.8 Å². The second-order valence-corrected chi connectivity index (χ2v) is 9.98. The van der Waals surface area contributed by atoms with Gasteiger partial charge in [-0.1, -0.05) is 49.0 Å². The molecule has 0 saturated heterocycles. The molecule has 0 heteroatoms. The molecule has 24 heavy (non-hydrogen) atoms. The minimum atomic E-state index is 0. The molecule has 4 aliphatic rings. The summed E-state index contributed by atoms with van der Waals surface area (Å²) < 4.78 is 0. The molecule has 0 bridgehead atoms. The Morgan fingerprint density at radius 2 is 1.54 bits per heavy atom. The van der Waals surface area contributed by atoms with E-state index in [9.17, 15) is 0 Å². The van der Waals surface area contributed by atoms with E-state index >= 15 is 0 Å². The van der Waals surface area contributed by atoms with Crippen molar-refractivity contribution in [2.24, 2.45) is 52.8 Å². The van der Waals surface area contributed by atoms with Crippen LogP contribution in [0.2, 0.25) is 0 Å². The smallest absolute Gasteiger partial charge is 0.0264 e. The second kappa shape index (κ2) is 7.71. The highest BCUT2D eigenvalue weighted by atomic mass is 14.6. The van der Waals surface area contributed by atoms with Crippen LogP contribution in [0.15, 0.2) is 0 Å². The molecular formula is C24H46. The van der Waals surface area contributed by atoms with Crippen LogP contribution in [0.1, 0.15) is 100 Å². The van der Waals surface area contributed by atoms with E-state index in [-0.39, 0.29) is 7.43 Å². The highest BCUT2D eigenvalue weighted by Crippen LogP contribution is 2.65. The Morgan fingerprint density at radius 1 is 0.833 bits per heavy atom. The first-order valence-electron chi connectivity index (χ1n) is 11.0. The molecule has 4 fully saturated rings. The average molecular weight is 335 g/mol. The highest BCUT2D eigenvalue weighted by Gasteiger charge is 2.57. The monoisotopic (exact) mass is 334 g/mol. The fourth-order valence-corrected chi connectivity index (χ4v) is 8.11. The Balaban J connectivity index is 0.000000670. The first-order chi connectivity index (χ1) is 11.0. The van der Waals surface area contributed by atoms with E-state index in [1.54, 1.807) is 44.9 Å². The molecule has 0 aromatic carbocycles. The zero-order valence-corrected chi connectivity index (χ0v) is 16.8. The number of hydrogen-bond donors (Lipinski definition) is 0. The van der Waals surface area contributed by atoms with Crippen LogP contribution in [0.25, 0.3) is 0 Å². The molecule has 0 nitrogen and oxygen atoms in total. The molecule has 0 amide bonds. The maximum absolute atomic E-state index is 2.69. The Hall–Kier alpha value is 0. The predicted octanol–water partition coefficient (Wildman–Crippen LogP) is 7.82. The van der Waals surface area contributed by atoms with Gasteiger partial charge in [0, 0.05) is 0 Å². The maximum atomic E-state index is 2.69. The van der Waals surface area contributed by atoms with Gasteiger partial charge in [-0.25, -0.2) is 0 Å². The van der Waals surface area contributed by atoms with E-state index in [1.165, 1.54) is 6.42 Å². The lowest BCUT2D eigenvalue weighted by atomic mass is 9.51. The van der Waals surface area contributed by atoms with E-state index in [0.29, 0.717) is 5.41 Å². The first-order valence-corrected chi connectivity index (χ1v) is 11.0. The quantitative estimate of drug-likeness (QED) is 0.458. The van der Waals surface area contributed by atoms with Crippen LogP contribution < -0.4 is 0 Å². The van der Waals surface area contributed by atoms with E-state index in [4.69, 9.17) is 0 Å². The van der Waals surface area contributed by atoms with Crippen LogP contribution in [0, 0.1) is 52.8 Å². The van der Waals surface area contributed by atoms with Crippen LogP contribution >= 0.6 is 0 Å². The minimum absolute atomic E-state index is 0. The second-order valence-electron chi connectivity index (χ2n) is 9.98. The molecule has 0 N–H and O–H groups in total. The molecular weight excluding hydrogens is 288 g/mol. The van der Waals surface area contributed by atoms with Crippen LogP contribution in [-0.4, -0.2) is 0 Å². The molecule has 4 rings (SSSR count). The van der Waals surface area contributed by atoms with Gasteiger partial charge in [0.2, 0.25) is 0 Å². The summed E-state index contributed by atoms with van der Waals surface area (Å²) in [5, 5.41) is 0. The van der Waals surface area contributed by atoms with Gasteiger partial charge in [0.05, 0.1) is 0 Å². The van der Waals surface area contributed by atoms with Crippen molar-refractivity contribution >= 4 is 0 Å². The molecule has 0 aromatic heterocycles. The van der Waals surface area contributed by atoms with Gasteiger partial charge < -0.3 is 0 Å². The molecule has 4 aliphatic carbocycles. The molecule has 0 radical (unpaired) electrons. The summed E-state index contributed by atoms with van der Waals surface area (Å²) in [6.45, 7) is 14.2. The van der Waals surface area contributed by atoms with Gasteiger partial charge in [-0.05, 0) is 104 Å². The lowest BCUT2D eigenvalue weighted by Crippen LogP contribution is -2.47. The lowest BCUT2D eigenvalue weighted by Gasteiger charge is -2.54. The van der Waals surface area contributed by atoms with Crippen molar-refractivity contribution in [3.8, 4) is 0 Å². The van der Waals surface area contributed by atoms with Gasteiger partial charge in [-0.15, -0.1) is 0 Å². The predicted molar refractivity (Wildman–Crippen MR) is 108 cm³/mol. The fraction of sp³-hybridized carbons (Fsp3) is 1.00. The van der Waals surface area contributed by atoms with E-state index < -0.39 is 0 Å². The van der Waals surface area contributed by atoms with E-state index in [0.717, 1.165) is 47.3 Å². The van der Waals surface area contributed by atoms with Crippen molar-refractivity contribution in [3.63, 3.8) is 0 Å². The normalized spacial score (nSPS) is 49.4. The van der Waals surface area contributed by atoms with Crippen molar-refractivity contribution in [1.82, 2.24) is 0 Å². The first kappa shape index (κ1) is 20.3. The maximum Gasteiger partial charge on any atom is -0.0264 e. The fourth-order valence-electron chi connectivity index (χ4n) is 8.11. The van der Waals surface area contributed by atoms with Crippen molar-refractivity contribution in [2.45, 2.75) is 100 Å². The SMILES string of the molecule is C.CC.CC1CC2CCC3C(CCC4(C)C(C(C)C)CCC34)C2C1. The van der Waals surface area contributed by atoms with Gasteiger partial charge >= 0.3 is 0 Å². The van der Waals surface area contributed by atoms with Crippen molar-refractivity contribution in [3.05, 3.63) is 0 Å². The van der Waals surface area contributed by atoms with Gasteiger partial charge in [-0.2, -0.15) is 0 Å². The van der Waals surface area contributed by atoms with E-state index in [2.05, 4.69) is 27.7 Å². The van der Waals surface area contributed by atoms with Crippen molar-refractivity contribution in [2.75, 3.05) is 0 Å². The van der Waals surface area contributed by atoms with Gasteiger partial charge in [0.1, 0.15) is 0 Å². The molecule has 0 heterocycles. The van der Waals surface area contributed by atoms with Gasteiger partial charge in [0.25, 0.3) is 0 Å². The third-order valence-electron chi connectivity index (χ3n) is 8.78. The summed E-state index contributed by atoms with van der Waals surface area (Å²) in [6.07, 6.45) is 12.5. The third-order valence-corrected chi connectivity index (χ3v) is 8.78. The number of fused-ring (bicyclic) bond motifs is 5. The summed E-state index contributed by atoms with van der Waals surface area (Å²) >= 11 is 0. The lowest BCUT2D eigenvalue weighted by molar-refractivity contribution is -0.0513. The molecule has 0 aliphatic heterocycles. The summed E-state index contributed by atoms with van der Waals surface area (Å²) in [5.41, 5.74) is 0.701. The summed E-state index contributed by atoms with van der Waals surface area (Å²) in [7, 11) is 0. The topological polar surface area (TPSA) is 0 Å². The molecule has 8 unspecified atom stereocenters. The molecule has 142 valence electrons. The largest absolute Gasteiger partial charge is 0.0776 e. The number of hydrogen-bond acceptors (Lipinski definition) is 0. The highest BCUT2D eigenvalue weighted by molar-refractivity contribution is 5.06. The van der Waals surface area contributed by atoms with Crippen LogP contribution in [0.3, 0.4) is 0 Å². The van der Waals surface area contributed by atoms with Crippen LogP contribution in [0.4, 0.5) is 0 Å².